The lowest BCUT2D eigenvalue weighted by Gasteiger charge is -2.20. The number of anilines is 6. The summed E-state index contributed by atoms with van der Waals surface area (Å²) in [6.45, 7) is 33.4. The second-order valence-electron chi connectivity index (χ2n) is 19.5. The maximum Gasteiger partial charge on any atom is 0.519 e. The average molecular weight is 1080 g/mol. The van der Waals surface area contributed by atoms with Gasteiger partial charge in [0.25, 0.3) is 0 Å². The number of nitrogens with one attached hydrogen (secondary N) is 3. The number of rotatable bonds is 7. The second kappa shape index (κ2) is 37.2. The van der Waals surface area contributed by atoms with E-state index in [4.69, 9.17) is 57.6 Å². The van der Waals surface area contributed by atoms with Crippen molar-refractivity contribution in [2.24, 2.45) is 5.92 Å². The van der Waals surface area contributed by atoms with Gasteiger partial charge in [0.15, 0.2) is 0 Å². The molecule has 4 rings (SSSR count). The van der Waals surface area contributed by atoms with Gasteiger partial charge in [-0.25, -0.2) is 28.8 Å². The summed E-state index contributed by atoms with van der Waals surface area (Å²) in [5, 5.41) is 15.4. The Morgan fingerprint density at radius 3 is 1.19 bits per heavy atom. The molecule has 1 heterocycles. The molecule has 0 spiro atoms. The molecule has 22 heteroatoms. The van der Waals surface area contributed by atoms with Crippen LogP contribution in [0.5, 0.6) is 0 Å². The molecule has 0 bridgehead atoms. The number of carbonyl (C=O) groups excluding carboxylic acids is 6. The Labute approximate surface area is 447 Å². The normalized spacial score (nSPS) is 11.2. The molecule has 0 saturated carbocycles. The minimum atomic E-state index is -1.06. The lowest BCUT2D eigenvalue weighted by atomic mass is 10.2. The van der Waals surface area contributed by atoms with Crippen molar-refractivity contribution in [3.05, 3.63) is 98.1 Å². The molecule has 0 atom stereocenters. The fraction of sp³-hybridized carbons (Fsp3) is 0.453. The molecule has 0 unspecified atom stereocenters. The number of halogens is 1. The fourth-order valence-electron chi connectivity index (χ4n) is 4.19. The van der Waals surface area contributed by atoms with Gasteiger partial charge in [-0.2, -0.15) is 0 Å². The van der Waals surface area contributed by atoms with Crippen molar-refractivity contribution in [1.29, 1.82) is 0 Å². The number of nitrogens with two attached hydrogens (primary N) is 3. The van der Waals surface area contributed by atoms with Gasteiger partial charge in [-0.1, -0.05) is 63.4 Å². The summed E-state index contributed by atoms with van der Waals surface area (Å²) in [5.74, 6) is -0.971. The van der Waals surface area contributed by atoms with Crippen LogP contribution in [0.25, 0.3) is 0 Å². The molecular weight excluding hydrogens is 996 g/mol. The number of benzene rings is 3. The van der Waals surface area contributed by atoms with Crippen molar-refractivity contribution in [2.75, 3.05) is 53.0 Å². The smallest absolute Gasteiger partial charge is 0.478 e. The lowest BCUT2D eigenvalue weighted by molar-refractivity contribution is -0.131. The molecule has 1 aliphatic rings. The molecule has 21 nitrogen and oxygen atoms in total. The maximum atomic E-state index is 11.7. The molecule has 420 valence electrons. The van der Waals surface area contributed by atoms with Crippen LogP contribution >= 0.6 is 11.6 Å². The molecule has 3 aromatic rings. The summed E-state index contributed by atoms with van der Waals surface area (Å²) in [4.78, 5) is 75.5. The Morgan fingerprint density at radius 1 is 0.587 bits per heavy atom. The van der Waals surface area contributed by atoms with Crippen LogP contribution in [0.1, 0.15) is 110 Å². The van der Waals surface area contributed by atoms with E-state index in [-0.39, 0.29) is 5.91 Å². The highest BCUT2D eigenvalue weighted by Gasteiger charge is 2.24. The summed E-state index contributed by atoms with van der Waals surface area (Å²) in [6.07, 6.45) is 1.35. The quantitative estimate of drug-likeness (QED) is 0.0289. The van der Waals surface area contributed by atoms with Crippen LogP contribution in [0.3, 0.4) is 0 Å². The number of para-hydroxylation sites is 6. The van der Waals surface area contributed by atoms with E-state index < -0.39 is 58.3 Å². The number of aliphatic carboxylic acids is 1. The van der Waals surface area contributed by atoms with Crippen LogP contribution in [0.15, 0.2) is 98.1 Å². The SMILES string of the molecule is C1CCOC1.C=CC(=O)Nc1ccccc1NC(=O)OC(C)(C)C.C=CC(=O)O.CC(C)(C)OC(=O)Nc1ccccc1N.CC(C)(C)OC(=O)OC(=O)OC(C)(C)C.CC(C)COC(=O)Cl.Nc1ccccc1N. The zero-order chi connectivity index (χ0) is 58.6. The van der Waals surface area contributed by atoms with Crippen molar-refractivity contribution in [2.45, 2.75) is 132 Å². The molecule has 0 aliphatic carbocycles. The van der Waals surface area contributed by atoms with Crippen molar-refractivity contribution in [3.8, 4) is 0 Å². The van der Waals surface area contributed by atoms with E-state index in [1.54, 1.807) is 144 Å². The van der Waals surface area contributed by atoms with Crippen molar-refractivity contribution in [3.63, 3.8) is 0 Å². The first-order valence-electron chi connectivity index (χ1n) is 23.3. The fourth-order valence-corrected chi connectivity index (χ4v) is 4.25. The van der Waals surface area contributed by atoms with Crippen LogP contribution < -0.4 is 33.2 Å². The van der Waals surface area contributed by atoms with Gasteiger partial charge in [-0.3, -0.25) is 15.4 Å². The number of carboxylic acids is 1. The van der Waals surface area contributed by atoms with Crippen LogP contribution in [0, 0.1) is 5.92 Å². The van der Waals surface area contributed by atoms with E-state index >= 15 is 0 Å². The van der Waals surface area contributed by atoms with Crippen molar-refractivity contribution in [1.82, 2.24) is 0 Å². The minimum Gasteiger partial charge on any atom is -0.478 e. The molecule has 10 N–H and O–H groups in total. The largest absolute Gasteiger partial charge is 0.519 e. The second-order valence-corrected chi connectivity index (χ2v) is 19.9. The summed E-state index contributed by atoms with van der Waals surface area (Å²) in [6, 6.07) is 21.1. The first-order chi connectivity index (χ1) is 34.4. The minimum absolute atomic E-state index is 0.349. The van der Waals surface area contributed by atoms with Crippen molar-refractivity contribution >= 4 is 87.5 Å². The number of carbonyl (C=O) groups is 7. The van der Waals surface area contributed by atoms with Gasteiger partial charge in [-0.15, -0.1) is 0 Å². The topological polar surface area (TPSA) is 318 Å². The number of hydrogen-bond acceptors (Lipinski definition) is 17. The van der Waals surface area contributed by atoms with Gasteiger partial charge in [-0.05, 0) is 144 Å². The van der Waals surface area contributed by atoms with Crippen molar-refractivity contribution < 1.29 is 71.8 Å². The maximum absolute atomic E-state index is 11.7. The van der Waals surface area contributed by atoms with E-state index in [0.29, 0.717) is 46.6 Å². The summed E-state index contributed by atoms with van der Waals surface area (Å²) < 4.78 is 33.4. The molecule has 1 aliphatic heterocycles. The molecule has 1 fully saturated rings. The highest BCUT2D eigenvalue weighted by Crippen LogP contribution is 2.22. The van der Waals surface area contributed by atoms with Gasteiger partial charge < -0.3 is 60.8 Å². The number of hydrogen-bond donors (Lipinski definition) is 7. The molecule has 3 amide bonds. The van der Waals surface area contributed by atoms with E-state index in [9.17, 15) is 33.6 Å². The number of amides is 3. The predicted octanol–water partition coefficient (Wildman–Crippen LogP) is 12.6. The summed E-state index contributed by atoms with van der Waals surface area (Å²) in [7, 11) is 0. The van der Waals surface area contributed by atoms with Gasteiger partial charge >= 0.3 is 35.9 Å². The van der Waals surface area contributed by atoms with Crippen LogP contribution in [-0.2, 0) is 42.7 Å². The molecule has 1 saturated heterocycles. The first kappa shape index (κ1) is 71.7. The van der Waals surface area contributed by atoms with E-state index in [0.717, 1.165) is 25.4 Å². The Morgan fingerprint density at radius 2 is 0.920 bits per heavy atom. The third kappa shape index (κ3) is 48.5. The van der Waals surface area contributed by atoms with E-state index in [1.165, 1.54) is 12.8 Å². The number of carboxylic acid groups (broad SMARTS) is 1. The van der Waals surface area contributed by atoms with Crippen LogP contribution in [-0.4, -0.2) is 89.1 Å². The Hall–Kier alpha value is -7.52. The van der Waals surface area contributed by atoms with Crippen LogP contribution in [0.2, 0.25) is 0 Å². The van der Waals surface area contributed by atoms with Gasteiger partial charge in [0.1, 0.15) is 22.4 Å². The van der Waals surface area contributed by atoms with E-state index in [1.807, 2.05) is 26.0 Å². The number of nitrogen functional groups attached to an aromatic ring is 3. The van der Waals surface area contributed by atoms with Crippen LogP contribution in [0.4, 0.5) is 58.1 Å². The van der Waals surface area contributed by atoms with Gasteiger partial charge in [0.2, 0.25) is 5.91 Å². The average Bonchev–Trinajstić information content (AvgIpc) is 3.85. The zero-order valence-corrected chi connectivity index (χ0v) is 46.6. The molecule has 0 radical (unpaired) electrons. The Bertz CT molecular complexity index is 2170. The number of ether oxygens (including phenoxy) is 7. The molecule has 0 aromatic heterocycles. The molecular formula is C53H81ClN6O15. The third-order valence-corrected chi connectivity index (χ3v) is 7.19. The third-order valence-electron chi connectivity index (χ3n) is 7.08. The summed E-state index contributed by atoms with van der Waals surface area (Å²) >= 11 is 4.86. The first-order valence-corrected chi connectivity index (χ1v) is 23.6. The van der Waals surface area contributed by atoms with Gasteiger partial charge in [0.05, 0.1) is 40.7 Å². The highest BCUT2D eigenvalue weighted by molar-refractivity contribution is 6.61. The Kier molecular flexibility index (Phi) is 35.6. The summed E-state index contributed by atoms with van der Waals surface area (Å²) in [5.41, 5.74) is 16.6. The zero-order valence-electron chi connectivity index (χ0n) is 45.9. The Balaban J connectivity index is -0.000000846. The monoisotopic (exact) mass is 1080 g/mol. The van der Waals surface area contributed by atoms with Gasteiger partial charge in [0, 0.05) is 30.9 Å². The molecule has 3 aromatic carbocycles. The highest BCUT2D eigenvalue weighted by atomic mass is 35.5. The van der Waals surface area contributed by atoms with E-state index in [2.05, 4.69) is 38.6 Å². The lowest BCUT2D eigenvalue weighted by Crippen LogP contribution is -2.29. The standard InChI is InChI=1S/C14H18N2O3.C11H16N2O2.C10H18O5.C6H8N2.C5H9ClO2.C4H8O.C3H4O2/c1-5-12(17)15-10-8-6-7-9-11(10)16-13(18)19-14(2,3)4;1-11(2,3)15-10(14)13-9-7-5-4-6-8(9)12;1-9(2,3)14-7(11)13-8(12)15-10(4,5)6;7-5-3-1-2-4-6(5)8;1-4(2)3-8-5(6)7;1-2-4-5-3-1;1-2-3(4)5/h5-9H,1H2,2-4H3,(H,15,17)(H,16,18);4-7H,12H2,1-3H3,(H,13,14);1-6H3;1-4H,7-8H2;4H,3H2,1-2H3;1-4H2;2H,1H2,(H,4,5). The predicted molar refractivity (Wildman–Crippen MR) is 295 cm³/mol. The molecule has 75 heavy (non-hydrogen) atoms.